The second kappa shape index (κ2) is 14.4. The fourth-order valence-corrected chi connectivity index (χ4v) is 1.02. The zero-order chi connectivity index (χ0) is 10.5. The summed E-state index contributed by atoms with van der Waals surface area (Å²) in [5, 5.41) is 3.14. The van der Waals surface area contributed by atoms with Crippen LogP contribution in [0.5, 0.6) is 0 Å². The third-order valence-electron chi connectivity index (χ3n) is 1.80. The largest absolute Gasteiger partial charge is 0.320 e. The first-order chi connectivity index (χ1) is 6.26. The zero-order valence-electron chi connectivity index (χ0n) is 10.2. The summed E-state index contributed by atoms with van der Waals surface area (Å²) in [5.41, 5.74) is 0. The lowest BCUT2D eigenvalue weighted by atomic mass is 10.4. The van der Waals surface area contributed by atoms with E-state index in [1.54, 1.807) is 0 Å². The number of hydrogen-bond donors (Lipinski definition) is 1. The molecular weight excluding hydrogens is 160 g/mol. The summed E-state index contributed by atoms with van der Waals surface area (Å²) in [6.07, 6.45) is 2.51. The third-order valence-corrected chi connectivity index (χ3v) is 1.80. The molecular formula is C11H30N2. The Morgan fingerprint density at radius 3 is 1.85 bits per heavy atom. The Morgan fingerprint density at radius 2 is 1.54 bits per heavy atom. The van der Waals surface area contributed by atoms with Gasteiger partial charge in [0.15, 0.2) is 0 Å². The normalized spacial score (nSPS) is 9.69. The Bertz CT molecular complexity index is 75.7. The van der Waals surface area contributed by atoms with E-state index in [0.29, 0.717) is 0 Å². The molecule has 0 aliphatic heterocycles. The van der Waals surface area contributed by atoms with Gasteiger partial charge in [0.25, 0.3) is 0 Å². The van der Waals surface area contributed by atoms with Gasteiger partial charge in [-0.1, -0.05) is 34.1 Å². The summed E-state index contributed by atoms with van der Waals surface area (Å²) in [7, 11) is 2.00. The highest BCUT2D eigenvalue weighted by Crippen LogP contribution is 1.88. The topological polar surface area (TPSA) is 15.3 Å². The van der Waals surface area contributed by atoms with Crippen LogP contribution in [0.2, 0.25) is 0 Å². The molecule has 0 saturated carbocycles. The van der Waals surface area contributed by atoms with Crippen molar-refractivity contribution in [3.63, 3.8) is 0 Å². The lowest BCUT2D eigenvalue weighted by molar-refractivity contribution is 0.299. The molecule has 13 heavy (non-hydrogen) atoms. The summed E-state index contributed by atoms with van der Waals surface area (Å²) in [4.78, 5) is 2.44. The lowest BCUT2D eigenvalue weighted by Gasteiger charge is -2.17. The van der Waals surface area contributed by atoms with Crippen LogP contribution in [0.15, 0.2) is 0 Å². The van der Waals surface area contributed by atoms with Gasteiger partial charge >= 0.3 is 0 Å². The second-order valence-corrected chi connectivity index (χ2v) is 3.19. The van der Waals surface area contributed by atoms with E-state index in [0.717, 1.165) is 6.54 Å². The van der Waals surface area contributed by atoms with E-state index in [-0.39, 0.29) is 1.43 Å². The van der Waals surface area contributed by atoms with Gasteiger partial charge in [-0.15, -0.1) is 0 Å². The first-order valence-corrected chi connectivity index (χ1v) is 5.63. The van der Waals surface area contributed by atoms with Crippen molar-refractivity contribution < 1.29 is 1.43 Å². The average molecular weight is 190 g/mol. The van der Waals surface area contributed by atoms with E-state index < -0.39 is 0 Å². The van der Waals surface area contributed by atoms with Gasteiger partial charge in [-0.05, 0) is 39.6 Å². The van der Waals surface area contributed by atoms with Crippen LogP contribution < -0.4 is 5.32 Å². The van der Waals surface area contributed by atoms with Gasteiger partial charge in [0.1, 0.15) is 0 Å². The molecule has 2 heteroatoms. The van der Waals surface area contributed by atoms with Crippen molar-refractivity contribution in [3.8, 4) is 0 Å². The predicted octanol–water partition coefficient (Wildman–Crippen LogP) is 2.60. The van der Waals surface area contributed by atoms with Crippen LogP contribution in [-0.4, -0.2) is 38.1 Å². The van der Waals surface area contributed by atoms with Crippen molar-refractivity contribution in [3.05, 3.63) is 0 Å². The van der Waals surface area contributed by atoms with Crippen LogP contribution in [0, 0.1) is 0 Å². The Labute approximate surface area is 86.2 Å². The van der Waals surface area contributed by atoms with E-state index in [1.165, 1.54) is 32.5 Å². The highest BCUT2D eigenvalue weighted by molar-refractivity contribution is 4.52. The number of rotatable bonds is 6. The van der Waals surface area contributed by atoms with Crippen LogP contribution in [-0.2, 0) is 0 Å². The first-order valence-electron chi connectivity index (χ1n) is 5.63. The smallest absolute Gasteiger partial charge is 0 e. The molecule has 0 saturated heterocycles. The summed E-state index contributed by atoms with van der Waals surface area (Å²) >= 11 is 0. The Hall–Kier alpha value is -0.0800. The third kappa shape index (κ3) is 14.7. The number of nitrogens with one attached hydrogen (secondary N) is 1. The fourth-order valence-electron chi connectivity index (χ4n) is 1.02. The van der Waals surface area contributed by atoms with Crippen LogP contribution in [0.3, 0.4) is 0 Å². The summed E-state index contributed by atoms with van der Waals surface area (Å²) < 4.78 is 0. The first kappa shape index (κ1) is 15.4. The fraction of sp³-hybridized carbons (Fsp3) is 1.00. The van der Waals surface area contributed by atoms with E-state index in [4.69, 9.17) is 0 Å². The van der Waals surface area contributed by atoms with Gasteiger partial charge in [-0.25, -0.2) is 0 Å². The number of hydrogen-bond acceptors (Lipinski definition) is 2. The average Bonchev–Trinajstić information content (AvgIpc) is 2.14. The van der Waals surface area contributed by atoms with E-state index >= 15 is 0 Å². The second-order valence-electron chi connectivity index (χ2n) is 3.19. The standard InChI is InChI=1S/C8H20N2.C3H8.H2/c1-4-10(5-2)8-6-7-9-3;1-3-2;/h9H,4-8H2,1-3H3;3H2,1-2H3;1H. The molecule has 0 aromatic carbocycles. The molecule has 0 aliphatic rings. The molecule has 0 aromatic rings. The van der Waals surface area contributed by atoms with Crippen molar-refractivity contribution in [1.82, 2.24) is 10.2 Å². The van der Waals surface area contributed by atoms with Crippen LogP contribution in [0.25, 0.3) is 0 Å². The highest BCUT2D eigenvalue weighted by Gasteiger charge is 1.95. The molecule has 0 spiro atoms. The van der Waals surface area contributed by atoms with E-state index in [9.17, 15) is 0 Å². The lowest BCUT2D eigenvalue weighted by Crippen LogP contribution is -2.26. The summed E-state index contributed by atoms with van der Waals surface area (Å²) in [6, 6.07) is 0. The monoisotopic (exact) mass is 190 g/mol. The Balaban J connectivity index is -0.000000267. The minimum atomic E-state index is 0. The molecule has 0 rings (SSSR count). The quantitative estimate of drug-likeness (QED) is 0.648. The Kier molecular flexibility index (Phi) is 17.1. The summed E-state index contributed by atoms with van der Waals surface area (Å²) in [5.74, 6) is 0. The van der Waals surface area contributed by atoms with Gasteiger partial charge in [-0.3, -0.25) is 0 Å². The molecule has 0 heterocycles. The molecule has 0 amide bonds. The van der Waals surface area contributed by atoms with Crippen LogP contribution >= 0.6 is 0 Å². The van der Waals surface area contributed by atoms with Crippen LogP contribution in [0.1, 0.15) is 42.0 Å². The van der Waals surface area contributed by atoms with Crippen molar-refractivity contribution in [2.45, 2.75) is 40.5 Å². The molecule has 0 fully saturated rings. The molecule has 2 nitrogen and oxygen atoms in total. The molecule has 0 aromatic heterocycles. The SMILES string of the molecule is CCC.CCN(CC)CCCNC.[HH]. The van der Waals surface area contributed by atoms with Gasteiger partial charge in [0, 0.05) is 1.43 Å². The molecule has 0 atom stereocenters. The molecule has 0 radical (unpaired) electrons. The highest BCUT2D eigenvalue weighted by atomic mass is 15.1. The van der Waals surface area contributed by atoms with Crippen molar-refractivity contribution >= 4 is 0 Å². The molecule has 1 N–H and O–H groups in total. The van der Waals surface area contributed by atoms with Gasteiger partial charge in [-0.2, -0.15) is 0 Å². The van der Waals surface area contributed by atoms with Gasteiger partial charge in [0.05, 0.1) is 0 Å². The maximum atomic E-state index is 3.14. The van der Waals surface area contributed by atoms with E-state index in [2.05, 4.69) is 37.9 Å². The van der Waals surface area contributed by atoms with Gasteiger partial charge < -0.3 is 10.2 Å². The summed E-state index contributed by atoms with van der Waals surface area (Å²) in [6.45, 7) is 13.4. The molecule has 0 unspecified atom stereocenters. The van der Waals surface area contributed by atoms with Crippen LogP contribution in [0.4, 0.5) is 0 Å². The number of nitrogens with zero attached hydrogens (tertiary/aromatic N) is 1. The van der Waals surface area contributed by atoms with E-state index in [1.807, 2.05) is 7.05 Å². The van der Waals surface area contributed by atoms with Gasteiger partial charge in [0.2, 0.25) is 0 Å². The maximum absolute atomic E-state index is 3.14. The van der Waals surface area contributed by atoms with Crippen molar-refractivity contribution in [2.75, 3.05) is 33.2 Å². The minimum absolute atomic E-state index is 0. The van der Waals surface area contributed by atoms with Crippen molar-refractivity contribution in [1.29, 1.82) is 0 Å². The zero-order valence-corrected chi connectivity index (χ0v) is 10.2. The molecule has 0 aliphatic carbocycles. The van der Waals surface area contributed by atoms with Crippen molar-refractivity contribution in [2.24, 2.45) is 0 Å². The predicted molar refractivity (Wildman–Crippen MR) is 64.4 cm³/mol. The Morgan fingerprint density at radius 1 is 1.08 bits per heavy atom. The molecule has 0 bridgehead atoms. The maximum Gasteiger partial charge on any atom is 0 e. The molecule has 84 valence electrons. The minimum Gasteiger partial charge on any atom is -0.320 e.